The average molecular weight is 355 g/mol. The van der Waals surface area contributed by atoms with Gasteiger partial charge in [0.1, 0.15) is 17.7 Å². The Bertz CT molecular complexity index is 1140. The number of hydrogen-bond acceptors (Lipinski definition) is 3. The molecule has 0 radical (unpaired) electrons. The van der Waals surface area contributed by atoms with E-state index in [9.17, 15) is 4.39 Å². The number of nitrogens with two attached hydrogens (primary N) is 1. The minimum Gasteiger partial charge on any atom is -0.253 e. The molecule has 1 aliphatic carbocycles. The van der Waals surface area contributed by atoms with Gasteiger partial charge in [-0.1, -0.05) is 54.6 Å². The van der Waals surface area contributed by atoms with Crippen molar-refractivity contribution in [3.05, 3.63) is 108 Å². The number of aliphatic imine (C=N–C) groups is 2. The molecule has 0 fully saturated rings. The molecule has 27 heavy (non-hydrogen) atoms. The number of hydrogen-bond donors (Lipinski definition) is 1. The van der Waals surface area contributed by atoms with Crippen LogP contribution in [-0.2, 0) is 0 Å². The third-order valence-electron chi connectivity index (χ3n) is 4.93. The van der Waals surface area contributed by atoms with Gasteiger partial charge in [-0.3, -0.25) is 4.99 Å². The third-order valence-corrected chi connectivity index (χ3v) is 4.93. The van der Waals surface area contributed by atoms with Crippen LogP contribution in [0.2, 0.25) is 0 Å². The van der Waals surface area contributed by atoms with E-state index in [0.717, 1.165) is 22.5 Å². The zero-order valence-corrected chi connectivity index (χ0v) is 14.4. The molecule has 5 rings (SSSR count). The molecule has 0 amide bonds. The summed E-state index contributed by atoms with van der Waals surface area (Å²) in [6, 6.07) is 14.6. The van der Waals surface area contributed by atoms with Crippen molar-refractivity contribution >= 4 is 12.1 Å². The van der Waals surface area contributed by atoms with Crippen LogP contribution < -0.4 is 5.84 Å². The highest BCUT2D eigenvalue weighted by atomic mass is 19.1. The second-order valence-electron chi connectivity index (χ2n) is 6.56. The number of rotatable bonds is 3. The number of nitrogens with zero attached hydrogens (tertiary/aromatic N) is 3. The molecule has 2 heterocycles. The average Bonchev–Trinajstić information content (AvgIpc) is 2.94. The quantitative estimate of drug-likeness (QED) is 0.651. The summed E-state index contributed by atoms with van der Waals surface area (Å²) in [5.41, 5.74) is 4.57. The molecule has 5 heteroatoms. The van der Waals surface area contributed by atoms with Gasteiger partial charge in [0.25, 0.3) is 5.84 Å². The lowest BCUT2D eigenvalue weighted by molar-refractivity contribution is -0.750. The van der Waals surface area contributed by atoms with Crippen molar-refractivity contribution in [1.29, 1.82) is 0 Å². The van der Waals surface area contributed by atoms with Crippen molar-refractivity contribution in [3.8, 4) is 11.1 Å². The van der Waals surface area contributed by atoms with E-state index in [2.05, 4.69) is 4.99 Å². The van der Waals surface area contributed by atoms with E-state index < -0.39 is 0 Å². The van der Waals surface area contributed by atoms with Gasteiger partial charge in [-0.05, 0) is 17.7 Å². The summed E-state index contributed by atoms with van der Waals surface area (Å²) in [6.45, 7) is 0. The van der Waals surface area contributed by atoms with E-state index in [1.54, 1.807) is 24.7 Å². The fourth-order valence-corrected chi connectivity index (χ4v) is 3.45. The predicted octanol–water partition coefficient (Wildman–Crippen LogP) is 4.21. The minimum atomic E-state index is -0.305. The maximum Gasteiger partial charge on any atom is 0.265 e. The van der Waals surface area contributed by atoms with E-state index in [4.69, 9.17) is 10.8 Å². The predicted molar refractivity (Wildman–Crippen MR) is 105 cm³/mol. The van der Waals surface area contributed by atoms with Gasteiger partial charge in [-0.25, -0.2) is 4.39 Å². The molecule has 0 spiro atoms. The van der Waals surface area contributed by atoms with E-state index >= 15 is 0 Å². The maximum absolute atomic E-state index is 14.9. The molecular formula is C22H16FN4+. The summed E-state index contributed by atoms with van der Waals surface area (Å²) < 4.78 is 14.8. The molecule has 0 saturated carbocycles. The molecule has 2 aromatic carbocycles. The van der Waals surface area contributed by atoms with Gasteiger partial charge in [0.15, 0.2) is 0 Å². The highest BCUT2D eigenvalue weighted by Crippen LogP contribution is 2.36. The van der Waals surface area contributed by atoms with Crippen molar-refractivity contribution in [1.82, 2.24) is 0 Å². The molecule has 3 aliphatic rings. The lowest BCUT2D eigenvalue weighted by atomic mass is 10.0. The molecule has 2 aromatic rings. The Morgan fingerprint density at radius 2 is 1.81 bits per heavy atom. The zero-order chi connectivity index (χ0) is 18.4. The molecule has 0 bridgehead atoms. The molecule has 2 aliphatic heterocycles. The van der Waals surface area contributed by atoms with Gasteiger partial charge in [-0.2, -0.15) is 10.8 Å². The molecule has 1 atom stereocenters. The van der Waals surface area contributed by atoms with Crippen molar-refractivity contribution in [3.63, 3.8) is 0 Å². The first-order valence-corrected chi connectivity index (χ1v) is 8.63. The zero-order valence-electron chi connectivity index (χ0n) is 14.4. The Morgan fingerprint density at radius 3 is 2.52 bits per heavy atom. The Kier molecular flexibility index (Phi) is 3.40. The monoisotopic (exact) mass is 355 g/mol. The van der Waals surface area contributed by atoms with Crippen LogP contribution in [0.1, 0.15) is 5.56 Å². The molecule has 0 saturated heterocycles. The summed E-state index contributed by atoms with van der Waals surface area (Å²) in [7, 11) is 0. The number of benzene rings is 2. The Balaban J connectivity index is 1.60. The van der Waals surface area contributed by atoms with Gasteiger partial charge in [0.05, 0.1) is 18.0 Å². The largest absolute Gasteiger partial charge is 0.265 e. The highest BCUT2D eigenvalue weighted by molar-refractivity contribution is 6.01. The minimum absolute atomic E-state index is 0.117. The van der Waals surface area contributed by atoms with Gasteiger partial charge >= 0.3 is 0 Å². The number of halogens is 1. The fourth-order valence-electron chi connectivity index (χ4n) is 3.45. The van der Waals surface area contributed by atoms with Crippen LogP contribution in [0.5, 0.6) is 0 Å². The normalized spacial score (nSPS) is 22.4. The SMILES string of the molecule is N[N+]12C=CN=CC1=C(C1=CC=C1)N=C2c1ccc(-c2ccccc2)c(F)c1. The summed E-state index contributed by atoms with van der Waals surface area (Å²) in [6.07, 6.45) is 11.0. The van der Waals surface area contributed by atoms with Crippen molar-refractivity contribution in [2.45, 2.75) is 0 Å². The molecule has 0 aromatic heterocycles. The second-order valence-corrected chi connectivity index (χ2v) is 6.56. The van der Waals surface area contributed by atoms with Crippen LogP contribution in [0.4, 0.5) is 4.39 Å². The molecule has 1 unspecified atom stereocenters. The van der Waals surface area contributed by atoms with Gasteiger partial charge in [0.2, 0.25) is 5.70 Å². The lowest BCUT2D eigenvalue weighted by Gasteiger charge is -2.26. The molecule has 4 nitrogen and oxygen atoms in total. The van der Waals surface area contributed by atoms with Crippen LogP contribution in [0.25, 0.3) is 11.1 Å². The van der Waals surface area contributed by atoms with Gasteiger partial charge < -0.3 is 0 Å². The summed E-state index contributed by atoms with van der Waals surface area (Å²) >= 11 is 0. The van der Waals surface area contributed by atoms with Crippen molar-refractivity contribution in [2.24, 2.45) is 15.8 Å². The lowest BCUT2D eigenvalue weighted by Crippen LogP contribution is -2.53. The first-order valence-electron chi connectivity index (χ1n) is 8.63. The third kappa shape index (κ3) is 2.37. The van der Waals surface area contributed by atoms with Crippen LogP contribution >= 0.6 is 0 Å². The number of allylic oxidation sites excluding steroid dienone is 4. The van der Waals surface area contributed by atoms with E-state index in [1.807, 2.05) is 54.6 Å². The van der Waals surface area contributed by atoms with Crippen LogP contribution in [0, 0.1) is 5.82 Å². The Hall–Kier alpha value is -3.41. The molecule has 130 valence electrons. The van der Waals surface area contributed by atoms with Crippen molar-refractivity contribution < 1.29 is 8.98 Å². The smallest absolute Gasteiger partial charge is 0.253 e. The summed E-state index contributed by atoms with van der Waals surface area (Å²) in [5.74, 6) is 6.91. The molecular weight excluding hydrogens is 339 g/mol. The van der Waals surface area contributed by atoms with Crippen LogP contribution in [0.15, 0.2) is 106 Å². The standard InChI is InChI=1S/C22H16FN4/c23-19-13-17(9-10-18(19)15-5-2-1-3-6-15)22-26-21(16-7-4-8-16)20-14-25-11-12-27(20,22)24/h1-14H,24H2/q+1. The fraction of sp³-hybridized carbons (Fsp3) is 0. The molecule has 2 N–H and O–H groups in total. The number of amidine groups is 1. The first kappa shape index (κ1) is 15.8. The number of fused-ring (bicyclic) bond motifs is 1. The Labute approximate surface area is 156 Å². The highest BCUT2D eigenvalue weighted by Gasteiger charge is 2.44. The maximum atomic E-state index is 14.9. The summed E-state index contributed by atoms with van der Waals surface area (Å²) in [5, 5.41) is 0. The van der Waals surface area contributed by atoms with Gasteiger partial charge in [0, 0.05) is 11.1 Å². The van der Waals surface area contributed by atoms with E-state index in [-0.39, 0.29) is 10.4 Å². The topological polar surface area (TPSA) is 50.7 Å². The first-order chi connectivity index (χ1) is 13.2. The van der Waals surface area contributed by atoms with E-state index in [0.29, 0.717) is 17.0 Å². The van der Waals surface area contributed by atoms with Crippen molar-refractivity contribution in [2.75, 3.05) is 0 Å². The second kappa shape index (κ2) is 5.81. The van der Waals surface area contributed by atoms with E-state index in [1.165, 1.54) is 6.07 Å². The summed E-state index contributed by atoms with van der Waals surface area (Å²) in [4.78, 5) is 8.95. The Morgan fingerprint density at radius 1 is 1.00 bits per heavy atom. The number of quaternary nitrogens is 1. The van der Waals surface area contributed by atoms with Crippen LogP contribution in [-0.4, -0.2) is 16.6 Å². The van der Waals surface area contributed by atoms with Gasteiger partial charge in [-0.15, -0.1) is 4.59 Å². The van der Waals surface area contributed by atoms with Crippen LogP contribution in [0.3, 0.4) is 0 Å².